The van der Waals surface area contributed by atoms with Gasteiger partial charge in [-0.2, -0.15) is 0 Å². The van der Waals surface area contributed by atoms with Gasteiger partial charge in [-0.3, -0.25) is 4.98 Å². The van der Waals surface area contributed by atoms with Crippen LogP contribution >= 0.6 is 11.8 Å². The molecule has 1 aromatic heterocycles. The van der Waals surface area contributed by atoms with Crippen LogP contribution in [0.5, 0.6) is 0 Å². The van der Waals surface area contributed by atoms with Gasteiger partial charge in [0.1, 0.15) is 0 Å². The molecule has 0 aliphatic rings. The molecule has 0 bridgehead atoms. The number of pyridine rings is 1. The first-order chi connectivity index (χ1) is 8.88. The molecule has 2 nitrogen and oxygen atoms in total. The molecule has 0 radical (unpaired) electrons. The molecule has 18 heavy (non-hydrogen) atoms. The Morgan fingerprint density at radius 2 is 2.00 bits per heavy atom. The van der Waals surface area contributed by atoms with E-state index in [0.29, 0.717) is 6.54 Å². The fourth-order valence-corrected chi connectivity index (χ4v) is 2.32. The van der Waals surface area contributed by atoms with Gasteiger partial charge in [0.15, 0.2) is 0 Å². The lowest BCUT2D eigenvalue weighted by molar-refractivity contribution is 1.26. The summed E-state index contributed by atoms with van der Waals surface area (Å²) in [6, 6.07) is 12.3. The van der Waals surface area contributed by atoms with E-state index in [1.54, 1.807) is 11.8 Å². The van der Waals surface area contributed by atoms with Crippen LogP contribution in [0.2, 0.25) is 0 Å². The maximum Gasteiger partial charge on any atom is 0.0555 e. The number of nitrogens with two attached hydrogens (primary N) is 1. The molecule has 0 spiro atoms. The normalized spacial score (nSPS) is 9.61. The summed E-state index contributed by atoms with van der Waals surface area (Å²) in [5.74, 6) is 6.85. The van der Waals surface area contributed by atoms with Crippen LogP contribution < -0.4 is 5.73 Å². The number of nitrogens with zero attached hydrogens (tertiary/aromatic N) is 1. The summed E-state index contributed by atoms with van der Waals surface area (Å²) in [6.07, 6.45) is 3.62. The number of aromatic nitrogens is 1. The van der Waals surface area contributed by atoms with Gasteiger partial charge in [0.25, 0.3) is 0 Å². The SMILES string of the molecule is NCC#Cc1cccc(CSc2ccncc2)c1. The Morgan fingerprint density at radius 3 is 2.78 bits per heavy atom. The van der Waals surface area contributed by atoms with Gasteiger partial charge < -0.3 is 5.73 Å². The fraction of sp³-hybridized carbons (Fsp3) is 0.133. The maximum absolute atomic E-state index is 5.37. The van der Waals surface area contributed by atoms with Crippen molar-refractivity contribution in [2.45, 2.75) is 10.6 Å². The van der Waals surface area contributed by atoms with Crippen molar-refractivity contribution in [3.63, 3.8) is 0 Å². The Hall–Kier alpha value is -1.76. The molecule has 2 rings (SSSR count). The second kappa shape index (κ2) is 6.85. The Morgan fingerprint density at radius 1 is 1.17 bits per heavy atom. The second-order valence-corrected chi connectivity index (χ2v) is 4.73. The van der Waals surface area contributed by atoms with E-state index in [0.717, 1.165) is 11.3 Å². The van der Waals surface area contributed by atoms with Crippen LogP contribution in [0, 0.1) is 11.8 Å². The third-order valence-corrected chi connectivity index (χ3v) is 3.40. The molecule has 3 heteroatoms. The minimum Gasteiger partial charge on any atom is -0.320 e. The van der Waals surface area contributed by atoms with Crippen molar-refractivity contribution in [1.29, 1.82) is 0 Å². The summed E-state index contributed by atoms with van der Waals surface area (Å²) in [7, 11) is 0. The third kappa shape index (κ3) is 3.92. The minimum absolute atomic E-state index is 0.399. The highest BCUT2D eigenvalue weighted by atomic mass is 32.2. The Bertz CT molecular complexity index is 555. The summed E-state index contributed by atoms with van der Waals surface area (Å²) in [4.78, 5) is 5.23. The highest BCUT2D eigenvalue weighted by molar-refractivity contribution is 7.98. The fourth-order valence-electron chi connectivity index (χ4n) is 1.49. The summed E-state index contributed by atoms with van der Waals surface area (Å²) < 4.78 is 0. The molecule has 2 N–H and O–H groups in total. The van der Waals surface area contributed by atoms with Crippen LogP contribution in [0.25, 0.3) is 0 Å². The Labute approximate surface area is 112 Å². The molecule has 0 unspecified atom stereocenters. The van der Waals surface area contributed by atoms with Gasteiger partial charge in [-0.05, 0) is 29.8 Å². The molecule has 0 saturated carbocycles. The molecule has 0 saturated heterocycles. The van der Waals surface area contributed by atoms with Crippen LogP contribution in [-0.4, -0.2) is 11.5 Å². The van der Waals surface area contributed by atoms with Gasteiger partial charge in [-0.15, -0.1) is 11.8 Å². The van der Waals surface area contributed by atoms with Gasteiger partial charge in [0.2, 0.25) is 0 Å². The standard InChI is InChI=1S/C15H14N2S/c16-8-2-5-13-3-1-4-14(11-13)12-18-15-6-9-17-10-7-15/h1,3-4,6-7,9-11H,8,12,16H2. The Balaban J connectivity index is 2.01. The number of benzene rings is 1. The molecular formula is C15H14N2S. The van der Waals surface area contributed by atoms with E-state index in [4.69, 9.17) is 5.73 Å². The molecule has 0 aliphatic heterocycles. The highest BCUT2D eigenvalue weighted by Crippen LogP contribution is 2.22. The molecule has 0 aliphatic carbocycles. The molecule has 90 valence electrons. The zero-order chi connectivity index (χ0) is 12.6. The second-order valence-electron chi connectivity index (χ2n) is 3.68. The van der Waals surface area contributed by atoms with Crippen LogP contribution in [-0.2, 0) is 5.75 Å². The van der Waals surface area contributed by atoms with Crippen molar-refractivity contribution in [3.05, 3.63) is 59.9 Å². The third-order valence-electron chi connectivity index (χ3n) is 2.32. The minimum atomic E-state index is 0.399. The van der Waals surface area contributed by atoms with Crippen LogP contribution in [0.1, 0.15) is 11.1 Å². The van der Waals surface area contributed by atoms with E-state index < -0.39 is 0 Å². The highest BCUT2D eigenvalue weighted by Gasteiger charge is 1.96. The molecular weight excluding hydrogens is 240 g/mol. The summed E-state index contributed by atoms with van der Waals surface area (Å²) in [5.41, 5.74) is 7.65. The van der Waals surface area contributed by atoms with Crippen LogP contribution in [0.3, 0.4) is 0 Å². The molecule has 1 heterocycles. The molecule has 0 fully saturated rings. The van der Waals surface area contributed by atoms with Crippen molar-refractivity contribution in [1.82, 2.24) is 4.98 Å². The summed E-state index contributed by atoms with van der Waals surface area (Å²) in [5, 5.41) is 0. The van der Waals surface area contributed by atoms with E-state index in [9.17, 15) is 0 Å². The zero-order valence-corrected chi connectivity index (χ0v) is 10.8. The maximum atomic E-state index is 5.37. The molecule has 2 aromatic rings. The van der Waals surface area contributed by atoms with Gasteiger partial charge in [-0.25, -0.2) is 0 Å². The van der Waals surface area contributed by atoms with E-state index in [2.05, 4.69) is 29.0 Å². The first kappa shape index (κ1) is 12.7. The summed E-state index contributed by atoms with van der Waals surface area (Å²) in [6.45, 7) is 0.399. The quantitative estimate of drug-likeness (QED) is 0.676. The number of rotatable bonds is 3. The monoisotopic (exact) mass is 254 g/mol. The van der Waals surface area contributed by atoms with Crippen molar-refractivity contribution in [3.8, 4) is 11.8 Å². The van der Waals surface area contributed by atoms with E-state index in [1.165, 1.54) is 10.5 Å². The van der Waals surface area contributed by atoms with Crippen LogP contribution in [0.15, 0.2) is 53.7 Å². The zero-order valence-electron chi connectivity index (χ0n) is 9.97. The molecule has 1 aromatic carbocycles. The van der Waals surface area contributed by atoms with Gasteiger partial charge >= 0.3 is 0 Å². The predicted molar refractivity (Wildman–Crippen MR) is 76.2 cm³/mol. The van der Waals surface area contributed by atoms with E-state index in [1.807, 2.05) is 36.7 Å². The van der Waals surface area contributed by atoms with E-state index in [-0.39, 0.29) is 0 Å². The number of hydrogen-bond acceptors (Lipinski definition) is 3. The average molecular weight is 254 g/mol. The van der Waals surface area contributed by atoms with Gasteiger partial charge in [0, 0.05) is 28.6 Å². The van der Waals surface area contributed by atoms with Crippen molar-refractivity contribution in [2.24, 2.45) is 5.73 Å². The number of thioether (sulfide) groups is 1. The lowest BCUT2D eigenvalue weighted by Gasteiger charge is -2.02. The Kier molecular flexibility index (Phi) is 4.83. The smallest absolute Gasteiger partial charge is 0.0555 e. The van der Waals surface area contributed by atoms with Crippen molar-refractivity contribution >= 4 is 11.8 Å². The van der Waals surface area contributed by atoms with E-state index >= 15 is 0 Å². The first-order valence-corrected chi connectivity index (χ1v) is 6.68. The average Bonchev–Trinajstić information content (AvgIpc) is 2.44. The predicted octanol–water partition coefficient (Wildman–Crippen LogP) is 2.68. The largest absolute Gasteiger partial charge is 0.320 e. The lowest BCUT2D eigenvalue weighted by Crippen LogP contribution is -1.93. The molecule has 0 amide bonds. The van der Waals surface area contributed by atoms with Crippen molar-refractivity contribution in [2.75, 3.05) is 6.54 Å². The van der Waals surface area contributed by atoms with Gasteiger partial charge in [-0.1, -0.05) is 24.0 Å². The lowest BCUT2D eigenvalue weighted by atomic mass is 10.1. The summed E-state index contributed by atoms with van der Waals surface area (Å²) >= 11 is 1.79. The van der Waals surface area contributed by atoms with Crippen LogP contribution in [0.4, 0.5) is 0 Å². The van der Waals surface area contributed by atoms with Gasteiger partial charge in [0.05, 0.1) is 6.54 Å². The van der Waals surface area contributed by atoms with Crippen molar-refractivity contribution < 1.29 is 0 Å². The first-order valence-electron chi connectivity index (χ1n) is 5.69. The molecule has 0 atom stereocenters. The topological polar surface area (TPSA) is 38.9 Å². The number of hydrogen-bond donors (Lipinski definition) is 1.